The Balaban J connectivity index is 3.39. The van der Waals surface area contributed by atoms with Crippen molar-refractivity contribution in [2.24, 2.45) is 0 Å². The molecule has 0 amide bonds. The molecule has 0 heterocycles. The highest BCUT2D eigenvalue weighted by molar-refractivity contribution is 6.05. The normalized spacial score (nSPS) is 13.6. The fourth-order valence-corrected chi connectivity index (χ4v) is 2.22. The first kappa shape index (κ1) is 15.2. The number of benzene rings is 1. The summed E-state index contributed by atoms with van der Waals surface area (Å²) in [6.07, 6.45) is 0.809. The number of aliphatic carboxylic acids is 1. The number of ether oxygens (including phenoxy) is 1. The van der Waals surface area contributed by atoms with E-state index in [0.717, 1.165) is 5.56 Å². The van der Waals surface area contributed by atoms with Crippen molar-refractivity contribution < 1.29 is 19.4 Å². The highest BCUT2D eigenvalue weighted by Crippen LogP contribution is 2.32. The fourth-order valence-electron chi connectivity index (χ4n) is 2.22. The van der Waals surface area contributed by atoms with Gasteiger partial charge in [-0.1, -0.05) is 43.2 Å². The van der Waals surface area contributed by atoms with Crippen LogP contribution in [0.2, 0.25) is 0 Å². The van der Waals surface area contributed by atoms with Crippen LogP contribution < -0.4 is 0 Å². The average molecular weight is 264 g/mol. The Morgan fingerprint density at radius 1 is 1.32 bits per heavy atom. The summed E-state index contributed by atoms with van der Waals surface area (Å²) in [7, 11) is 0. The van der Waals surface area contributed by atoms with Gasteiger partial charge in [-0.3, -0.25) is 9.59 Å². The Bertz CT molecular complexity index is 467. The van der Waals surface area contributed by atoms with Gasteiger partial charge in [-0.2, -0.15) is 0 Å². The van der Waals surface area contributed by atoms with Gasteiger partial charge in [0.2, 0.25) is 0 Å². The van der Waals surface area contributed by atoms with Gasteiger partial charge in [-0.05, 0) is 25.8 Å². The van der Waals surface area contributed by atoms with E-state index in [1.807, 2.05) is 19.9 Å². The van der Waals surface area contributed by atoms with E-state index in [1.165, 1.54) is 0 Å². The summed E-state index contributed by atoms with van der Waals surface area (Å²) in [6, 6.07) is 7.04. The molecule has 1 atom stereocenters. The Hall–Kier alpha value is -1.84. The fraction of sp³-hybridized carbons (Fsp3) is 0.467. The van der Waals surface area contributed by atoms with Gasteiger partial charge in [-0.25, -0.2) is 0 Å². The molecule has 1 N–H and O–H groups in total. The van der Waals surface area contributed by atoms with Crippen molar-refractivity contribution in [2.75, 3.05) is 6.61 Å². The molecular formula is C15H20O4. The summed E-state index contributed by atoms with van der Waals surface area (Å²) in [4.78, 5) is 23.9. The van der Waals surface area contributed by atoms with E-state index >= 15 is 0 Å². The second-order valence-corrected chi connectivity index (χ2v) is 4.55. The molecule has 104 valence electrons. The highest BCUT2D eigenvalue weighted by Gasteiger charge is 2.48. The van der Waals surface area contributed by atoms with Gasteiger partial charge in [-0.15, -0.1) is 0 Å². The molecule has 0 saturated heterocycles. The van der Waals surface area contributed by atoms with Gasteiger partial charge in [0.25, 0.3) is 0 Å². The number of aryl methyl sites for hydroxylation is 1. The number of carboxylic acid groups (broad SMARTS) is 1. The van der Waals surface area contributed by atoms with Crippen molar-refractivity contribution in [1.82, 2.24) is 0 Å². The van der Waals surface area contributed by atoms with Crippen LogP contribution in [-0.2, 0) is 19.7 Å². The SMILES string of the molecule is CCCC(C(=O)O)(C(=O)OCC)c1cccc(C)c1. The molecule has 0 aromatic heterocycles. The minimum absolute atomic E-state index is 0.170. The van der Waals surface area contributed by atoms with Crippen molar-refractivity contribution in [3.05, 3.63) is 35.4 Å². The van der Waals surface area contributed by atoms with Crippen molar-refractivity contribution in [3.63, 3.8) is 0 Å². The smallest absolute Gasteiger partial charge is 0.328 e. The molecule has 0 spiro atoms. The molecule has 4 heteroatoms. The van der Waals surface area contributed by atoms with Gasteiger partial charge >= 0.3 is 11.9 Å². The average Bonchev–Trinajstić information content (AvgIpc) is 2.35. The number of hydrogen-bond acceptors (Lipinski definition) is 3. The summed E-state index contributed by atoms with van der Waals surface area (Å²) >= 11 is 0. The van der Waals surface area contributed by atoms with Gasteiger partial charge < -0.3 is 9.84 Å². The van der Waals surface area contributed by atoms with Crippen molar-refractivity contribution >= 4 is 11.9 Å². The zero-order chi connectivity index (χ0) is 14.5. The molecule has 0 bridgehead atoms. The summed E-state index contributed by atoms with van der Waals surface area (Å²) in [5, 5.41) is 9.60. The quantitative estimate of drug-likeness (QED) is 0.633. The molecule has 1 aromatic rings. The van der Waals surface area contributed by atoms with E-state index in [-0.39, 0.29) is 13.0 Å². The topological polar surface area (TPSA) is 63.6 Å². The van der Waals surface area contributed by atoms with Crippen LogP contribution in [0, 0.1) is 6.92 Å². The second kappa shape index (κ2) is 6.36. The van der Waals surface area contributed by atoms with E-state index in [2.05, 4.69) is 0 Å². The first-order valence-corrected chi connectivity index (χ1v) is 6.46. The lowest BCUT2D eigenvalue weighted by Crippen LogP contribution is -2.45. The number of rotatable bonds is 6. The zero-order valence-corrected chi connectivity index (χ0v) is 11.6. The van der Waals surface area contributed by atoms with Crippen molar-refractivity contribution in [3.8, 4) is 0 Å². The maximum absolute atomic E-state index is 12.2. The van der Waals surface area contributed by atoms with Crippen molar-refractivity contribution in [2.45, 2.75) is 39.0 Å². The van der Waals surface area contributed by atoms with E-state index in [1.54, 1.807) is 25.1 Å². The van der Waals surface area contributed by atoms with Crippen LogP contribution in [0.1, 0.15) is 37.8 Å². The van der Waals surface area contributed by atoms with Crippen LogP contribution >= 0.6 is 0 Å². The summed E-state index contributed by atoms with van der Waals surface area (Å²) in [6.45, 7) is 5.57. The molecule has 0 radical (unpaired) electrons. The lowest BCUT2D eigenvalue weighted by Gasteiger charge is -2.27. The molecule has 1 unspecified atom stereocenters. The summed E-state index contributed by atoms with van der Waals surface area (Å²) in [5.74, 6) is -1.84. The van der Waals surface area contributed by atoms with Crippen LogP contribution in [0.3, 0.4) is 0 Å². The molecule has 19 heavy (non-hydrogen) atoms. The van der Waals surface area contributed by atoms with Gasteiger partial charge in [0.1, 0.15) is 0 Å². The molecule has 0 saturated carbocycles. The lowest BCUT2D eigenvalue weighted by molar-refractivity contribution is -0.162. The maximum atomic E-state index is 12.2. The van der Waals surface area contributed by atoms with Crippen LogP contribution in [0.25, 0.3) is 0 Å². The number of esters is 1. The predicted octanol–water partition coefficient (Wildman–Crippen LogP) is 2.68. The number of carbonyl (C=O) groups excluding carboxylic acids is 1. The molecular weight excluding hydrogens is 244 g/mol. The second-order valence-electron chi connectivity index (χ2n) is 4.55. The van der Waals surface area contributed by atoms with E-state index in [4.69, 9.17) is 4.74 Å². The Kier molecular flexibility index (Phi) is 5.10. The third-order valence-electron chi connectivity index (χ3n) is 3.12. The lowest BCUT2D eigenvalue weighted by atomic mass is 9.76. The Morgan fingerprint density at radius 3 is 2.47 bits per heavy atom. The minimum atomic E-state index is -1.60. The molecule has 0 fully saturated rings. The van der Waals surface area contributed by atoms with E-state index in [0.29, 0.717) is 12.0 Å². The maximum Gasteiger partial charge on any atom is 0.328 e. The summed E-state index contributed by atoms with van der Waals surface area (Å²) < 4.78 is 5.00. The molecule has 0 aliphatic carbocycles. The third-order valence-corrected chi connectivity index (χ3v) is 3.12. The zero-order valence-electron chi connectivity index (χ0n) is 11.6. The first-order valence-electron chi connectivity index (χ1n) is 6.46. The van der Waals surface area contributed by atoms with Crippen LogP contribution in [0.5, 0.6) is 0 Å². The Morgan fingerprint density at radius 2 is 2.00 bits per heavy atom. The predicted molar refractivity (Wildman–Crippen MR) is 72.0 cm³/mol. The number of carboxylic acids is 1. The first-order chi connectivity index (χ1) is 8.98. The molecule has 0 aliphatic rings. The molecule has 1 rings (SSSR count). The van der Waals surface area contributed by atoms with Gasteiger partial charge in [0.05, 0.1) is 6.61 Å². The number of hydrogen-bond donors (Lipinski definition) is 1. The molecule has 0 aliphatic heterocycles. The Labute approximate surface area is 113 Å². The van der Waals surface area contributed by atoms with Crippen molar-refractivity contribution in [1.29, 1.82) is 0 Å². The number of carbonyl (C=O) groups is 2. The van der Waals surface area contributed by atoms with Crippen LogP contribution in [0.4, 0.5) is 0 Å². The largest absolute Gasteiger partial charge is 0.480 e. The van der Waals surface area contributed by atoms with Crippen LogP contribution in [0.15, 0.2) is 24.3 Å². The third kappa shape index (κ3) is 2.95. The summed E-state index contributed by atoms with van der Waals surface area (Å²) in [5.41, 5.74) is -0.194. The van der Waals surface area contributed by atoms with E-state index in [9.17, 15) is 14.7 Å². The monoisotopic (exact) mass is 264 g/mol. The standard InChI is InChI=1S/C15H20O4/c1-4-9-15(13(16)17,14(18)19-5-2)12-8-6-7-11(3)10-12/h6-8,10H,4-5,9H2,1-3H3,(H,16,17). The van der Waals surface area contributed by atoms with Gasteiger partial charge in [0, 0.05) is 0 Å². The van der Waals surface area contributed by atoms with Gasteiger partial charge in [0.15, 0.2) is 5.41 Å². The molecule has 1 aromatic carbocycles. The molecule has 4 nitrogen and oxygen atoms in total. The van der Waals surface area contributed by atoms with E-state index < -0.39 is 17.4 Å². The minimum Gasteiger partial charge on any atom is -0.480 e. The van der Waals surface area contributed by atoms with Crippen LogP contribution in [-0.4, -0.2) is 23.7 Å². The highest BCUT2D eigenvalue weighted by atomic mass is 16.5.